The van der Waals surface area contributed by atoms with Gasteiger partial charge in [0, 0.05) is 19.6 Å². The van der Waals surface area contributed by atoms with Gasteiger partial charge in [0.1, 0.15) is 0 Å². The minimum absolute atomic E-state index is 0.289. The predicted octanol–water partition coefficient (Wildman–Crippen LogP) is 3.43. The molecule has 3 aliphatic heterocycles. The molecule has 3 aromatic carbocycles. The Morgan fingerprint density at radius 2 is 1.13 bits per heavy atom. The molecular formula is C24H22B2O2S2. The number of hydrogen-bond acceptors (Lipinski definition) is 4. The van der Waals surface area contributed by atoms with Crippen LogP contribution in [0.3, 0.4) is 0 Å². The van der Waals surface area contributed by atoms with Crippen LogP contribution in [0.15, 0.2) is 80.2 Å². The second-order valence-corrected chi connectivity index (χ2v) is 11.4. The fourth-order valence-electron chi connectivity index (χ4n) is 4.53. The lowest BCUT2D eigenvalue weighted by molar-refractivity contribution is 0.00578. The molecular weight excluding hydrogens is 406 g/mol. The lowest BCUT2D eigenvalue weighted by Crippen LogP contribution is -2.58. The first-order valence-corrected chi connectivity index (χ1v) is 12.0. The quantitative estimate of drug-likeness (QED) is 0.381. The zero-order valence-electron chi connectivity index (χ0n) is 17.6. The molecule has 3 heterocycles. The highest BCUT2D eigenvalue weighted by Crippen LogP contribution is 2.40. The van der Waals surface area contributed by atoms with Gasteiger partial charge in [-0.2, -0.15) is 0 Å². The van der Waals surface area contributed by atoms with Gasteiger partial charge in [0.15, 0.2) is 0 Å². The van der Waals surface area contributed by atoms with Crippen molar-refractivity contribution in [1.82, 2.24) is 0 Å². The predicted molar refractivity (Wildman–Crippen MR) is 128 cm³/mol. The van der Waals surface area contributed by atoms with Gasteiger partial charge in [0.05, 0.1) is 11.2 Å². The topological polar surface area (TPSA) is 18.5 Å². The van der Waals surface area contributed by atoms with Gasteiger partial charge in [-0.1, -0.05) is 70.8 Å². The van der Waals surface area contributed by atoms with Gasteiger partial charge >= 0.3 is 7.12 Å². The van der Waals surface area contributed by atoms with E-state index in [-0.39, 0.29) is 25.0 Å². The highest BCUT2D eigenvalue weighted by molar-refractivity contribution is 8.01. The molecule has 0 saturated carbocycles. The molecule has 1 fully saturated rings. The molecule has 0 radical (unpaired) electrons. The van der Waals surface area contributed by atoms with E-state index < -0.39 is 0 Å². The second-order valence-electron chi connectivity index (χ2n) is 9.23. The summed E-state index contributed by atoms with van der Waals surface area (Å²) in [5.41, 5.74) is 4.68. The van der Waals surface area contributed by atoms with Gasteiger partial charge in [-0.05, 0) is 62.9 Å². The summed E-state index contributed by atoms with van der Waals surface area (Å²) in [7, 11) is -0.342. The van der Waals surface area contributed by atoms with E-state index in [1.54, 1.807) is 0 Å². The second kappa shape index (κ2) is 6.46. The molecule has 0 aliphatic carbocycles. The van der Waals surface area contributed by atoms with E-state index in [0.29, 0.717) is 0 Å². The molecule has 0 spiro atoms. The fourth-order valence-corrected chi connectivity index (χ4v) is 7.03. The zero-order valence-corrected chi connectivity index (χ0v) is 19.2. The first kappa shape index (κ1) is 19.1. The molecule has 148 valence electrons. The van der Waals surface area contributed by atoms with Gasteiger partial charge in [-0.25, -0.2) is 0 Å². The molecule has 3 aromatic rings. The first-order valence-electron chi connectivity index (χ1n) is 10.4. The van der Waals surface area contributed by atoms with Crippen molar-refractivity contribution in [2.45, 2.75) is 58.5 Å². The van der Waals surface area contributed by atoms with E-state index in [4.69, 9.17) is 9.31 Å². The molecule has 0 aromatic heterocycles. The van der Waals surface area contributed by atoms with E-state index in [1.807, 2.05) is 23.5 Å². The molecule has 1 saturated heterocycles. The molecule has 2 nitrogen and oxygen atoms in total. The van der Waals surface area contributed by atoms with Gasteiger partial charge in [-0.3, -0.25) is 0 Å². The molecule has 6 heteroatoms. The van der Waals surface area contributed by atoms with E-state index in [0.717, 1.165) is 5.46 Å². The Balaban J connectivity index is 1.53. The van der Waals surface area contributed by atoms with Crippen LogP contribution < -0.4 is 21.9 Å². The third-order valence-electron chi connectivity index (χ3n) is 6.84. The van der Waals surface area contributed by atoms with Crippen LogP contribution in [0.2, 0.25) is 0 Å². The van der Waals surface area contributed by atoms with Crippen LogP contribution in [0.1, 0.15) is 27.7 Å². The number of hydrogen-bond donors (Lipinski definition) is 0. The maximum atomic E-state index is 6.38. The van der Waals surface area contributed by atoms with Crippen LogP contribution in [0, 0.1) is 0 Å². The summed E-state index contributed by atoms with van der Waals surface area (Å²) < 4.78 is 12.8. The van der Waals surface area contributed by atoms with E-state index in [2.05, 4.69) is 88.4 Å². The maximum absolute atomic E-state index is 6.38. The Morgan fingerprint density at radius 1 is 0.667 bits per heavy atom. The summed E-state index contributed by atoms with van der Waals surface area (Å²) in [5.74, 6) is 0. The average molecular weight is 428 g/mol. The molecule has 0 amide bonds. The van der Waals surface area contributed by atoms with Crippen molar-refractivity contribution in [2.75, 3.05) is 0 Å². The lowest BCUT2D eigenvalue weighted by atomic mass is 9.36. The molecule has 0 N–H and O–H groups in total. The number of fused-ring (bicyclic) bond motifs is 4. The Morgan fingerprint density at radius 3 is 1.63 bits per heavy atom. The summed E-state index contributed by atoms with van der Waals surface area (Å²) in [6.07, 6.45) is 0. The summed E-state index contributed by atoms with van der Waals surface area (Å²) >= 11 is 3.75. The maximum Gasteiger partial charge on any atom is 0.494 e. The monoisotopic (exact) mass is 428 g/mol. The number of benzene rings is 3. The van der Waals surface area contributed by atoms with Crippen LogP contribution in [0.4, 0.5) is 0 Å². The highest BCUT2D eigenvalue weighted by atomic mass is 32.2. The normalized spacial score (nSPS) is 19.9. The molecule has 30 heavy (non-hydrogen) atoms. The van der Waals surface area contributed by atoms with Crippen molar-refractivity contribution in [2.24, 2.45) is 0 Å². The van der Waals surface area contributed by atoms with Crippen molar-refractivity contribution >= 4 is 59.2 Å². The standard InChI is InChI=1S/C24H22B2O2S2/c1-23(2)24(3,4)28-26(27-23)15-13-20-22-21(14-15)30-19-12-8-6-10-17(19)25(22)16-9-5-7-11-18(16)29-20/h5-14H,1-4H3. The molecule has 3 aliphatic rings. The van der Waals surface area contributed by atoms with Crippen molar-refractivity contribution in [3.8, 4) is 0 Å². The number of rotatable bonds is 1. The largest absolute Gasteiger partial charge is 0.494 e. The van der Waals surface area contributed by atoms with Crippen LogP contribution in [0.25, 0.3) is 0 Å². The van der Waals surface area contributed by atoms with E-state index in [9.17, 15) is 0 Å². The van der Waals surface area contributed by atoms with E-state index in [1.165, 1.54) is 36.0 Å². The summed E-state index contributed by atoms with van der Waals surface area (Å²) in [6, 6.07) is 22.2. The van der Waals surface area contributed by atoms with Gasteiger partial charge in [0.2, 0.25) is 6.71 Å². The highest BCUT2D eigenvalue weighted by Gasteiger charge is 2.52. The third-order valence-corrected chi connectivity index (χ3v) is 9.14. The Kier molecular flexibility index (Phi) is 4.12. The van der Waals surface area contributed by atoms with Crippen molar-refractivity contribution < 1.29 is 9.31 Å². The minimum atomic E-state index is -0.342. The van der Waals surface area contributed by atoms with Gasteiger partial charge in [0.25, 0.3) is 0 Å². The lowest BCUT2D eigenvalue weighted by Gasteiger charge is -2.33. The molecule has 0 atom stereocenters. The fraction of sp³-hybridized carbons (Fsp3) is 0.250. The Hall–Kier alpha value is -1.59. The average Bonchev–Trinajstić information content (AvgIpc) is 2.94. The van der Waals surface area contributed by atoms with Crippen LogP contribution in [-0.2, 0) is 9.31 Å². The molecule has 0 bridgehead atoms. The van der Waals surface area contributed by atoms with Crippen LogP contribution >= 0.6 is 23.5 Å². The van der Waals surface area contributed by atoms with Gasteiger partial charge in [-0.15, -0.1) is 0 Å². The van der Waals surface area contributed by atoms with Crippen molar-refractivity contribution in [3.63, 3.8) is 0 Å². The van der Waals surface area contributed by atoms with Crippen LogP contribution in [0.5, 0.6) is 0 Å². The first-order chi connectivity index (χ1) is 14.3. The third kappa shape index (κ3) is 2.70. The zero-order chi connectivity index (χ0) is 20.7. The minimum Gasteiger partial charge on any atom is -0.399 e. The van der Waals surface area contributed by atoms with Crippen molar-refractivity contribution in [3.05, 3.63) is 60.7 Å². The smallest absolute Gasteiger partial charge is 0.399 e. The molecule has 0 unspecified atom stereocenters. The Bertz CT molecular complexity index is 1100. The Labute approximate surface area is 187 Å². The summed E-state index contributed by atoms with van der Waals surface area (Å²) in [6.45, 7) is 8.74. The SMILES string of the molecule is CC1(C)OB(c2cc3c4c(c2)Sc2ccccc2B4c2ccccc2S3)OC1(C)C. The summed E-state index contributed by atoms with van der Waals surface area (Å²) in [4.78, 5) is 5.33. The summed E-state index contributed by atoms with van der Waals surface area (Å²) in [5, 5.41) is 0. The van der Waals surface area contributed by atoms with Crippen LogP contribution in [-0.4, -0.2) is 25.0 Å². The van der Waals surface area contributed by atoms with Crippen molar-refractivity contribution in [1.29, 1.82) is 0 Å². The molecule has 6 rings (SSSR count). The van der Waals surface area contributed by atoms with E-state index >= 15 is 0 Å². The van der Waals surface area contributed by atoms with Gasteiger partial charge < -0.3 is 9.31 Å².